The zero-order valence-corrected chi connectivity index (χ0v) is 11.3. The second kappa shape index (κ2) is 5.61. The van der Waals surface area contributed by atoms with Crippen LogP contribution in [-0.2, 0) is 6.54 Å². The van der Waals surface area contributed by atoms with Gasteiger partial charge in [0.05, 0.1) is 5.69 Å². The number of carbonyl (C=O) groups excluding carboxylic acids is 1. The minimum atomic E-state index is -0.129. The number of rotatable bonds is 4. The predicted molar refractivity (Wildman–Crippen MR) is 78.3 cm³/mol. The summed E-state index contributed by atoms with van der Waals surface area (Å²) in [7, 11) is 0. The highest BCUT2D eigenvalue weighted by atomic mass is 16.1. The van der Waals surface area contributed by atoms with E-state index < -0.39 is 0 Å². The van der Waals surface area contributed by atoms with Crippen LogP contribution in [0.2, 0.25) is 0 Å². The molecule has 0 fully saturated rings. The van der Waals surface area contributed by atoms with Gasteiger partial charge >= 0.3 is 0 Å². The third-order valence-corrected chi connectivity index (χ3v) is 2.89. The average Bonchev–Trinajstić information content (AvgIpc) is 2.71. The standard InChI is InChI=1S/C15H19N3O/c1-3-7-18-10-12(16)9-14(18)15(19)17-13-6-4-5-11(2)8-13/h4-6,8-10H,3,7,16H2,1-2H3,(H,17,19). The highest BCUT2D eigenvalue weighted by molar-refractivity contribution is 6.03. The number of amides is 1. The first-order chi connectivity index (χ1) is 9.10. The molecule has 4 nitrogen and oxygen atoms in total. The summed E-state index contributed by atoms with van der Waals surface area (Å²) in [6.07, 6.45) is 2.76. The lowest BCUT2D eigenvalue weighted by Gasteiger charge is -2.09. The van der Waals surface area contributed by atoms with Gasteiger partial charge in [-0.2, -0.15) is 0 Å². The summed E-state index contributed by atoms with van der Waals surface area (Å²) >= 11 is 0. The van der Waals surface area contributed by atoms with Gasteiger partial charge in [-0.3, -0.25) is 4.79 Å². The fourth-order valence-electron chi connectivity index (χ4n) is 2.07. The molecule has 1 heterocycles. The summed E-state index contributed by atoms with van der Waals surface area (Å²) < 4.78 is 1.89. The number of carbonyl (C=O) groups is 1. The van der Waals surface area contributed by atoms with Crippen molar-refractivity contribution in [3.05, 3.63) is 47.8 Å². The number of nitrogens with zero attached hydrogens (tertiary/aromatic N) is 1. The van der Waals surface area contributed by atoms with E-state index in [1.54, 1.807) is 12.3 Å². The number of anilines is 2. The summed E-state index contributed by atoms with van der Waals surface area (Å²) in [5.41, 5.74) is 8.89. The molecule has 1 amide bonds. The Kier molecular flexibility index (Phi) is 3.90. The zero-order chi connectivity index (χ0) is 13.8. The number of hydrogen-bond donors (Lipinski definition) is 2. The van der Waals surface area contributed by atoms with Crippen molar-refractivity contribution >= 4 is 17.3 Å². The van der Waals surface area contributed by atoms with Crippen LogP contribution >= 0.6 is 0 Å². The Morgan fingerprint density at radius 3 is 2.84 bits per heavy atom. The summed E-state index contributed by atoms with van der Waals surface area (Å²) in [4.78, 5) is 12.2. The topological polar surface area (TPSA) is 60.0 Å². The van der Waals surface area contributed by atoms with Crippen LogP contribution < -0.4 is 11.1 Å². The van der Waals surface area contributed by atoms with Gasteiger partial charge < -0.3 is 15.6 Å². The molecule has 0 unspecified atom stereocenters. The van der Waals surface area contributed by atoms with Crippen LogP contribution in [0.4, 0.5) is 11.4 Å². The van der Waals surface area contributed by atoms with Crippen LogP contribution in [0.15, 0.2) is 36.5 Å². The molecule has 100 valence electrons. The van der Waals surface area contributed by atoms with Crippen LogP contribution in [0.5, 0.6) is 0 Å². The van der Waals surface area contributed by atoms with Gasteiger partial charge in [-0.05, 0) is 37.1 Å². The molecule has 0 radical (unpaired) electrons. The van der Waals surface area contributed by atoms with Gasteiger partial charge in [0.15, 0.2) is 0 Å². The van der Waals surface area contributed by atoms with Gasteiger partial charge in [0.25, 0.3) is 5.91 Å². The van der Waals surface area contributed by atoms with Crippen LogP contribution in [-0.4, -0.2) is 10.5 Å². The average molecular weight is 257 g/mol. The van der Waals surface area contributed by atoms with Gasteiger partial charge in [-0.1, -0.05) is 19.1 Å². The lowest BCUT2D eigenvalue weighted by molar-refractivity contribution is 0.101. The Bertz CT molecular complexity index is 587. The van der Waals surface area contributed by atoms with Crippen molar-refractivity contribution in [1.82, 2.24) is 4.57 Å². The van der Waals surface area contributed by atoms with Gasteiger partial charge in [-0.15, -0.1) is 0 Å². The predicted octanol–water partition coefficient (Wildman–Crippen LogP) is 3.04. The second-order valence-electron chi connectivity index (χ2n) is 4.68. The van der Waals surface area contributed by atoms with Crippen molar-refractivity contribution in [3.8, 4) is 0 Å². The zero-order valence-electron chi connectivity index (χ0n) is 11.3. The Balaban J connectivity index is 2.20. The van der Waals surface area contributed by atoms with Crippen LogP contribution in [0.25, 0.3) is 0 Å². The normalized spacial score (nSPS) is 10.4. The maximum Gasteiger partial charge on any atom is 0.272 e. The Hall–Kier alpha value is -2.23. The van der Waals surface area contributed by atoms with Gasteiger partial charge in [-0.25, -0.2) is 0 Å². The SMILES string of the molecule is CCCn1cc(N)cc1C(=O)Nc1cccc(C)c1. The number of benzene rings is 1. The van der Waals surface area contributed by atoms with Crippen molar-refractivity contribution in [2.24, 2.45) is 0 Å². The number of aromatic nitrogens is 1. The molecule has 0 aliphatic rings. The first kappa shape index (κ1) is 13.2. The van der Waals surface area contributed by atoms with Crippen LogP contribution in [0.1, 0.15) is 29.4 Å². The molecule has 3 N–H and O–H groups in total. The molecular weight excluding hydrogens is 238 g/mol. The first-order valence-corrected chi connectivity index (χ1v) is 6.44. The fraction of sp³-hybridized carbons (Fsp3) is 0.267. The van der Waals surface area contributed by atoms with Gasteiger partial charge in [0.1, 0.15) is 5.69 Å². The Morgan fingerprint density at radius 1 is 1.37 bits per heavy atom. The molecule has 0 saturated carbocycles. The summed E-state index contributed by atoms with van der Waals surface area (Å²) in [6, 6.07) is 9.44. The highest BCUT2D eigenvalue weighted by Gasteiger charge is 2.12. The summed E-state index contributed by atoms with van der Waals surface area (Å²) in [5, 5.41) is 2.90. The molecule has 0 spiro atoms. The highest BCUT2D eigenvalue weighted by Crippen LogP contribution is 2.15. The first-order valence-electron chi connectivity index (χ1n) is 6.44. The lowest BCUT2D eigenvalue weighted by atomic mass is 10.2. The number of nitrogens with two attached hydrogens (primary N) is 1. The van der Waals surface area contributed by atoms with Crippen LogP contribution in [0.3, 0.4) is 0 Å². The van der Waals surface area contributed by atoms with Crippen molar-refractivity contribution in [3.63, 3.8) is 0 Å². The Labute approximate surface area is 113 Å². The molecule has 2 rings (SSSR count). The van der Waals surface area contributed by atoms with E-state index in [-0.39, 0.29) is 5.91 Å². The van der Waals surface area contributed by atoms with E-state index in [1.807, 2.05) is 35.8 Å². The van der Waals surface area contributed by atoms with Crippen molar-refractivity contribution in [2.75, 3.05) is 11.1 Å². The van der Waals surface area contributed by atoms with Crippen molar-refractivity contribution < 1.29 is 4.79 Å². The van der Waals surface area contributed by atoms with Crippen molar-refractivity contribution in [1.29, 1.82) is 0 Å². The maximum atomic E-state index is 12.2. The van der Waals surface area contributed by atoms with Crippen LogP contribution in [0, 0.1) is 6.92 Å². The Morgan fingerprint density at radius 2 is 2.16 bits per heavy atom. The minimum absolute atomic E-state index is 0.129. The van der Waals surface area contributed by atoms with Gasteiger partial charge in [0.2, 0.25) is 0 Å². The second-order valence-corrected chi connectivity index (χ2v) is 4.68. The largest absolute Gasteiger partial charge is 0.397 e. The molecular formula is C15H19N3O. The molecule has 1 aromatic carbocycles. The number of aryl methyl sites for hydroxylation is 2. The molecule has 0 aliphatic carbocycles. The van der Waals surface area contributed by atoms with E-state index in [4.69, 9.17) is 5.73 Å². The summed E-state index contributed by atoms with van der Waals surface area (Å²) in [6.45, 7) is 4.85. The molecule has 0 bridgehead atoms. The quantitative estimate of drug-likeness (QED) is 0.884. The van der Waals surface area contributed by atoms with E-state index in [2.05, 4.69) is 12.2 Å². The van der Waals surface area contributed by atoms with E-state index in [1.165, 1.54) is 0 Å². The third kappa shape index (κ3) is 3.16. The number of nitrogen functional groups attached to an aromatic ring is 1. The van der Waals surface area contributed by atoms with E-state index >= 15 is 0 Å². The molecule has 0 atom stereocenters. The van der Waals surface area contributed by atoms with E-state index in [0.717, 1.165) is 24.2 Å². The monoisotopic (exact) mass is 257 g/mol. The smallest absolute Gasteiger partial charge is 0.272 e. The van der Waals surface area contributed by atoms with Gasteiger partial charge in [0, 0.05) is 18.4 Å². The molecule has 0 saturated heterocycles. The molecule has 4 heteroatoms. The van der Waals surface area contributed by atoms with E-state index in [9.17, 15) is 4.79 Å². The molecule has 19 heavy (non-hydrogen) atoms. The number of nitrogens with one attached hydrogen (secondary N) is 1. The molecule has 2 aromatic rings. The minimum Gasteiger partial charge on any atom is -0.397 e. The number of hydrogen-bond acceptors (Lipinski definition) is 2. The molecule has 0 aliphatic heterocycles. The maximum absolute atomic E-state index is 12.2. The van der Waals surface area contributed by atoms with Crippen molar-refractivity contribution in [2.45, 2.75) is 26.8 Å². The lowest BCUT2D eigenvalue weighted by Crippen LogP contribution is -2.16. The third-order valence-electron chi connectivity index (χ3n) is 2.89. The summed E-state index contributed by atoms with van der Waals surface area (Å²) in [5.74, 6) is -0.129. The fourth-order valence-corrected chi connectivity index (χ4v) is 2.07. The van der Waals surface area contributed by atoms with E-state index in [0.29, 0.717) is 11.4 Å². The molecule has 1 aromatic heterocycles.